The van der Waals surface area contributed by atoms with Crippen molar-refractivity contribution < 1.29 is 49.0 Å². The van der Waals surface area contributed by atoms with E-state index < -0.39 is 55.4 Å². The Labute approximate surface area is 282 Å². The summed E-state index contributed by atoms with van der Waals surface area (Å²) in [6.07, 6.45) is 22.9. The van der Waals surface area contributed by atoms with E-state index in [1.165, 1.54) is 19.3 Å². The number of aliphatic hydroxyl groups is 4. The predicted molar refractivity (Wildman–Crippen MR) is 182 cm³/mol. The molecular formula is C37H62O10. The first-order valence-corrected chi connectivity index (χ1v) is 17.7. The van der Waals surface area contributed by atoms with Crippen molar-refractivity contribution >= 4 is 11.9 Å². The molecule has 10 nitrogen and oxygen atoms in total. The van der Waals surface area contributed by atoms with Crippen LogP contribution in [0.15, 0.2) is 48.6 Å². The third kappa shape index (κ3) is 21.3. The van der Waals surface area contributed by atoms with Crippen molar-refractivity contribution in [2.45, 2.75) is 153 Å². The van der Waals surface area contributed by atoms with Crippen LogP contribution in [0, 0.1) is 0 Å². The number of unbranched alkanes of at least 4 members (excludes halogenated alkanes) is 8. The second kappa shape index (κ2) is 28.7. The molecule has 47 heavy (non-hydrogen) atoms. The second-order valence-corrected chi connectivity index (χ2v) is 11.9. The fraction of sp³-hybridized carbons (Fsp3) is 0.730. The van der Waals surface area contributed by atoms with Gasteiger partial charge >= 0.3 is 11.9 Å². The first-order valence-electron chi connectivity index (χ1n) is 17.7. The van der Waals surface area contributed by atoms with Crippen molar-refractivity contribution in [2.75, 3.05) is 19.8 Å². The molecule has 1 aliphatic heterocycles. The Morgan fingerprint density at radius 1 is 0.681 bits per heavy atom. The highest BCUT2D eigenvalue weighted by Gasteiger charge is 2.44. The molecule has 0 aromatic carbocycles. The van der Waals surface area contributed by atoms with Crippen LogP contribution in [0.3, 0.4) is 0 Å². The molecule has 1 saturated heterocycles. The first-order chi connectivity index (χ1) is 22.8. The number of esters is 2. The van der Waals surface area contributed by atoms with Crippen molar-refractivity contribution in [3.05, 3.63) is 48.6 Å². The lowest BCUT2D eigenvalue weighted by Crippen LogP contribution is -2.59. The fourth-order valence-corrected chi connectivity index (χ4v) is 4.88. The van der Waals surface area contributed by atoms with Gasteiger partial charge in [-0.05, 0) is 51.4 Å². The van der Waals surface area contributed by atoms with Gasteiger partial charge in [0.15, 0.2) is 12.4 Å². The normalized spacial score (nSPS) is 22.6. The van der Waals surface area contributed by atoms with Crippen LogP contribution in [0.2, 0.25) is 0 Å². The maximum Gasteiger partial charge on any atom is 0.306 e. The summed E-state index contributed by atoms with van der Waals surface area (Å²) in [6.45, 7) is 3.17. The molecule has 0 radical (unpaired) electrons. The van der Waals surface area contributed by atoms with E-state index in [9.17, 15) is 30.0 Å². The monoisotopic (exact) mass is 666 g/mol. The van der Waals surface area contributed by atoms with Crippen molar-refractivity contribution in [1.29, 1.82) is 0 Å². The quantitative estimate of drug-likeness (QED) is 0.0484. The number of aliphatic hydroxyl groups excluding tert-OH is 4. The summed E-state index contributed by atoms with van der Waals surface area (Å²) in [5, 5.41) is 39.7. The molecule has 1 aliphatic rings. The lowest BCUT2D eigenvalue weighted by molar-refractivity contribution is -0.305. The SMILES string of the molecule is CC/C=C\C/C=C\C/C=C\C/C=C\CCCCC(=O)OC(COC(=O)CCCCCCCCC)COC1OC(CO)C(O)C(O)C1O. The van der Waals surface area contributed by atoms with Crippen molar-refractivity contribution in [1.82, 2.24) is 0 Å². The Kier molecular flexibility index (Phi) is 26.0. The number of carbonyl (C=O) groups excluding carboxylic acids is 2. The van der Waals surface area contributed by atoms with Gasteiger partial charge in [0.1, 0.15) is 31.0 Å². The molecule has 270 valence electrons. The number of allylic oxidation sites excluding steroid dienone is 8. The molecular weight excluding hydrogens is 604 g/mol. The highest BCUT2D eigenvalue weighted by Crippen LogP contribution is 2.22. The average Bonchev–Trinajstić information content (AvgIpc) is 3.06. The van der Waals surface area contributed by atoms with Gasteiger partial charge in [0.2, 0.25) is 0 Å². The number of rotatable bonds is 27. The molecule has 0 amide bonds. The van der Waals surface area contributed by atoms with Gasteiger partial charge in [0, 0.05) is 12.8 Å². The van der Waals surface area contributed by atoms with Gasteiger partial charge in [-0.1, -0.05) is 101 Å². The minimum Gasteiger partial charge on any atom is -0.462 e. The van der Waals surface area contributed by atoms with E-state index in [-0.39, 0.29) is 26.1 Å². The molecule has 0 aromatic rings. The van der Waals surface area contributed by atoms with Gasteiger partial charge in [0.05, 0.1) is 13.2 Å². The maximum absolute atomic E-state index is 12.6. The molecule has 0 bridgehead atoms. The largest absolute Gasteiger partial charge is 0.462 e. The highest BCUT2D eigenvalue weighted by atomic mass is 16.7. The zero-order valence-electron chi connectivity index (χ0n) is 28.8. The van der Waals surface area contributed by atoms with Crippen LogP contribution in [-0.2, 0) is 28.5 Å². The Morgan fingerprint density at radius 2 is 1.26 bits per heavy atom. The number of ether oxygens (including phenoxy) is 4. The maximum atomic E-state index is 12.6. The molecule has 1 heterocycles. The third-order valence-corrected chi connectivity index (χ3v) is 7.73. The minimum atomic E-state index is -1.60. The van der Waals surface area contributed by atoms with E-state index in [0.717, 1.165) is 64.2 Å². The van der Waals surface area contributed by atoms with Crippen LogP contribution in [0.4, 0.5) is 0 Å². The van der Waals surface area contributed by atoms with Crippen LogP contribution >= 0.6 is 0 Å². The molecule has 0 spiro atoms. The summed E-state index contributed by atoms with van der Waals surface area (Å²) in [4.78, 5) is 25.0. The van der Waals surface area contributed by atoms with Crippen molar-refractivity contribution in [3.8, 4) is 0 Å². The van der Waals surface area contributed by atoms with Crippen LogP contribution in [0.5, 0.6) is 0 Å². The fourth-order valence-electron chi connectivity index (χ4n) is 4.88. The summed E-state index contributed by atoms with van der Waals surface area (Å²) in [5.74, 6) is -0.869. The number of hydrogen-bond acceptors (Lipinski definition) is 10. The molecule has 10 heteroatoms. The molecule has 1 rings (SSSR count). The summed E-state index contributed by atoms with van der Waals surface area (Å²) >= 11 is 0. The number of carbonyl (C=O) groups is 2. The summed E-state index contributed by atoms with van der Waals surface area (Å²) in [5.41, 5.74) is 0. The van der Waals surface area contributed by atoms with Gasteiger partial charge in [0.25, 0.3) is 0 Å². The molecule has 0 saturated carbocycles. The van der Waals surface area contributed by atoms with E-state index in [1.54, 1.807) is 0 Å². The third-order valence-electron chi connectivity index (χ3n) is 7.73. The summed E-state index contributed by atoms with van der Waals surface area (Å²) < 4.78 is 21.9. The first kappa shape index (κ1) is 42.7. The van der Waals surface area contributed by atoms with Gasteiger partial charge < -0.3 is 39.4 Å². The lowest BCUT2D eigenvalue weighted by Gasteiger charge is -2.39. The predicted octanol–water partition coefficient (Wildman–Crippen LogP) is 5.76. The Morgan fingerprint density at radius 3 is 1.89 bits per heavy atom. The van der Waals surface area contributed by atoms with E-state index in [1.807, 2.05) is 0 Å². The summed E-state index contributed by atoms with van der Waals surface area (Å²) in [6, 6.07) is 0. The molecule has 4 N–H and O–H groups in total. The van der Waals surface area contributed by atoms with Crippen molar-refractivity contribution in [3.63, 3.8) is 0 Å². The molecule has 0 aromatic heterocycles. The highest BCUT2D eigenvalue weighted by molar-refractivity contribution is 5.70. The van der Waals surface area contributed by atoms with Crippen LogP contribution in [-0.4, -0.2) is 89.0 Å². The van der Waals surface area contributed by atoms with Gasteiger partial charge in [-0.15, -0.1) is 0 Å². The van der Waals surface area contributed by atoms with E-state index >= 15 is 0 Å². The molecule has 1 fully saturated rings. The number of hydrogen-bond donors (Lipinski definition) is 4. The van der Waals surface area contributed by atoms with Crippen LogP contribution < -0.4 is 0 Å². The Bertz CT molecular complexity index is 913. The zero-order chi connectivity index (χ0) is 34.5. The van der Waals surface area contributed by atoms with Crippen LogP contribution in [0.1, 0.15) is 117 Å². The van der Waals surface area contributed by atoms with E-state index in [4.69, 9.17) is 18.9 Å². The molecule has 6 atom stereocenters. The summed E-state index contributed by atoms with van der Waals surface area (Å²) in [7, 11) is 0. The van der Waals surface area contributed by atoms with Crippen LogP contribution in [0.25, 0.3) is 0 Å². The van der Waals surface area contributed by atoms with E-state index in [0.29, 0.717) is 6.42 Å². The average molecular weight is 667 g/mol. The second-order valence-electron chi connectivity index (χ2n) is 11.9. The topological polar surface area (TPSA) is 152 Å². The zero-order valence-corrected chi connectivity index (χ0v) is 28.8. The Balaban J connectivity index is 2.46. The smallest absolute Gasteiger partial charge is 0.306 e. The van der Waals surface area contributed by atoms with E-state index in [2.05, 4.69) is 62.5 Å². The van der Waals surface area contributed by atoms with Gasteiger partial charge in [-0.3, -0.25) is 9.59 Å². The van der Waals surface area contributed by atoms with Gasteiger partial charge in [-0.25, -0.2) is 0 Å². The Hall–Kier alpha value is -2.34. The molecule has 6 unspecified atom stereocenters. The molecule has 0 aliphatic carbocycles. The minimum absolute atomic E-state index is 0.177. The van der Waals surface area contributed by atoms with Crippen molar-refractivity contribution in [2.24, 2.45) is 0 Å². The lowest BCUT2D eigenvalue weighted by atomic mass is 9.99. The standard InChI is InChI=1S/C37H62O10/c1-3-5-7-9-11-12-13-14-15-16-17-18-20-22-24-26-33(40)46-30(28-44-32(39)25-23-21-19-10-8-6-4-2)29-45-37-36(43)35(42)34(41)31(27-38)47-37/h5,7,11-12,14-15,17-18,30-31,34-38,41-43H,3-4,6,8-10,13,16,19-29H2,1-2H3/b7-5-,12-11-,15-14-,18-17-. The van der Waals surface area contributed by atoms with Gasteiger partial charge in [-0.2, -0.15) is 0 Å².